The summed E-state index contributed by atoms with van der Waals surface area (Å²) in [5.74, 6) is 0.350. The third kappa shape index (κ3) is 9.29. The van der Waals surface area contributed by atoms with Gasteiger partial charge in [0.15, 0.2) is 5.96 Å². The van der Waals surface area contributed by atoms with Crippen LogP contribution in [0.2, 0.25) is 0 Å². The van der Waals surface area contributed by atoms with E-state index in [2.05, 4.69) is 10.3 Å². The molecule has 1 saturated heterocycles. The average molecular weight is 498 g/mol. The van der Waals surface area contributed by atoms with Crippen molar-refractivity contribution in [2.45, 2.75) is 33.3 Å². The lowest BCUT2D eigenvalue weighted by Gasteiger charge is -2.35. The predicted molar refractivity (Wildman–Crippen MR) is 105 cm³/mol. The van der Waals surface area contributed by atoms with Gasteiger partial charge in [-0.3, -0.25) is 0 Å². The SMILES string of the molecule is CCNC(=NCC(F)F)N1CCN(S(=O)(=O)CCOC(C)C)CC1.I. The minimum Gasteiger partial charge on any atom is -0.378 e. The number of sulfonamides is 1. The van der Waals surface area contributed by atoms with Gasteiger partial charge in [0.25, 0.3) is 6.43 Å². The Kier molecular flexibility index (Phi) is 12.0. The van der Waals surface area contributed by atoms with Crippen LogP contribution in [0.15, 0.2) is 4.99 Å². The Bertz CT molecular complexity index is 498. The van der Waals surface area contributed by atoms with Gasteiger partial charge in [0.1, 0.15) is 6.54 Å². The van der Waals surface area contributed by atoms with Crippen molar-refractivity contribution in [3.8, 4) is 0 Å². The van der Waals surface area contributed by atoms with Gasteiger partial charge in [-0.2, -0.15) is 4.31 Å². The number of nitrogens with one attached hydrogen (secondary N) is 1. The highest BCUT2D eigenvalue weighted by Crippen LogP contribution is 2.09. The first kappa shape index (κ1) is 24.7. The van der Waals surface area contributed by atoms with Crippen molar-refractivity contribution in [1.82, 2.24) is 14.5 Å². The van der Waals surface area contributed by atoms with Gasteiger partial charge in [0, 0.05) is 32.7 Å². The van der Waals surface area contributed by atoms with E-state index in [9.17, 15) is 17.2 Å². The second kappa shape index (κ2) is 12.2. The van der Waals surface area contributed by atoms with Crippen LogP contribution in [0, 0.1) is 0 Å². The van der Waals surface area contributed by atoms with Crippen molar-refractivity contribution < 1.29 is 21.9 Å². The van der Waals surface area contributed by atoms with Crippen LogP contribution in [0.5, 0.6) is 0 Å². The summed E-state index contributed by atoms with van der Waals surface area (Å²) in [6, 6.07) is 0. The standard InChI is InChI=1S/C14H28F2N4O3S.HI/c1-4-17-14(18-11-13(15)16)19-5-7-20(8-6-19)24(21,22)10-9-23-12(2)3;/h12-13H,4-11H2,1-3H3,(H,17,18);1H. The van der Waals surface area contributed by atoms with Gasteiger partial charge in [-0.05, 0) is 20.8 Å². The second-order valence-electron chi connectivity index (χ2n) is 5.71. The summed E-state index contributed by atoms with van der Waals surface area (Å²) in [4.78, 5) is 5.69. The number of alkyl halides is 2. The second-order valence-corrected chi connectivity index (χ2v) is 7.80. The fourth-order valence-corrected chi connectivity index (χ4v) is 3.56. The molecule has 0 saturated carbocycles. The van der Waals surface area contributed by atoms with Crippen molar-refractivity contribution in [1.29, 1.82) is 0 Å². The summed E-state index contributed by atoms with van der Waals surface area (Å²) < 4.78 is 55.9. The summed E-state index contributed by atoms with van der Waals surface area (Å²) in [6.45, 7) is 7.18. The largest absolute Gasteiger partial charge is 0.378 e. The lowest BCUT2D eigenvalue weighted by molar-refractivity contribution is 0.0904. The molecule has 0 spiro atoms. The first-order chi connectivity index (χ1) is 11.3. The fourth-order valence-electron chi connectivity index (χ4n) is 2.28. The molecule has 0 amide bonds. The van der Waals surface area contributed by atoms with E-state index in [1.165, 1.54) is 4.31 Å². The van der Waals surface area contributed by atoms with Crippen LogP contribution < -0.4 is 5.32 Å². The van der Waals surface area contributed by atoms with Crippen LogP contribution >= 0.6 is 24.0 Å². The summed E-state index contributed by atoms with van der Waals surface area (Å²) >= 11 is 0. The van der Waals surface area contributed by atoms with E-state index in [1.807, 2.05) is 25.7 Å². The molecule has 1 N–H and O–H groups in total. The van der Waals surface area contributed by atoms with Gasteiger partial charge in [-0.25, -0.2) is 22.2 Å². The molecule has 0 aliphatic carbocycles. The number of rotatable bonds is 8. The Morgan fingerprint density at radius 2 is 1.84 bits per heavy atom. The highest BCUT2D eigenvalue weighted by atomic mass is 127. The van der Waals surface area contributed by atoms with Gasteiger partial charge in [0.2, 0.25) is 10.0 Å². The number of aliphatic imine (C=N–C) groups is 1. The van der Waals surface area contributed by atoms with E-state index in [1.54, 1.807) is 0 Å². The lowest BCUT2D eigenvalue weighted by atomic mass is 10.4. The Morgan fingerprint density at radius 3 is 2.32 bits per heavy atom. The summed E-state index contributed by atoms with van der Waals surface area (Å²) in [5, 5.41) is 2.96. The van der Waals surface area contributed by atoms with E-state index in [0.29, 0.717) is 38.7 Å². The maximum absolute atomic E-state index is 12.3. The molecular weight excluding hydrogens is 469 g/mol. The van der Waals surface area contributed by atoms with E-state index in [4.69, 9.17) is 4.74 Å². The molecule has 1 rings (SSSR count). The Labute approximate surface area is 166 Å². The lowest BCUT2D eigenvalue weighted by Crippen LogP contribution is -2.54. The van der Waals surface area contributed by atoms with Crippen LogP contribution in [0.3, 0.4) is 0 Å². The first-order valence-corrected chi connectivity index (χ1v) is 9.78. The Balaban J connectivity index is 0.00000576. The van der Waals surface area contributed by atoms with Gasteiger partial charge in [-0.15, -0.1) is 24.0 Å². The van der Waals surface area contributed by atoms with E-state index in [0.717, 1.165) is 0 Å². The van der Waals surface area contributed by atoms with Crippen molar-refractivity contribution in [2.24, 2.45) is 4.99 Å². The molecule has 1 heterocycles. The van der Waals surface area contributed by atoms with E-state index in [-0.39, 0.29) is 42.4 Å². The molecule has 150 valence electrons. The molecular formula is C14H29F2IN4O3S. The third-order valence-corrected chi connectivity index (χ3v) is 5.27. The highest BCUT2D eigenvalue weighted by molar-refractivity contribution is 14.0. The van der Waals surface area contributed by atoms with Gasteiger partial charge < -0.3 is 15.0 Å². The van der Waals surface area contributed by atoms with Crippen LogP contribution in [0.4, 0.5) is 8.78 Å². The minimum absolute atomic E-state index is 0. The van der Waals surface area contributed by atoms with Crippen molar-refractivity contribution >= 4 is 40.0 Å². The summed E-state index contributed by atoms with van der Waals surface area (Å²) in [7, 11) is -3.36. The van der Waals surface area contributed by atoms with Crippen molar-refractivity contribution in [3.05, 3.63) is 0 Å². The molecule has 0 bridgehead atoms. The molecule has 1 fully saturated rings. The number of nitrogens with zero attached hydrogens (tertiary/aromatic N) is 3. The molecule has 0 aromatic heterocycles. The number of ether oxygens (including phenoxy) is 1. The maximum atomic E-state index is 12.3. The van der Waals surface area contributed by atoms with E-state index >= 15 is 0 Å². The zero-order valence-electron chi connectivity index (χ0n) is 15.0. The van der Waals surface area contributed by atoms with Crippen molar-refractivity contribution in [2.75, 3.05) is 51.6 Å². The number of piperazine rings is 1. The molecule has 0 atom stereocenters. The first-order valence-electron chi connectivity index (χ1n) is 8.17. The molecule has 7 nitrogen and oxygen atoms in total. The van der Waals surface area contributed by atoms with Crippen LogP contribution in [0.25, 0.3) is 0 Å². The molecule has 0 radical (unpaired) electrons. The molecule has 25 heavy (non-hydrogen) atoms. The number of hydrogen-bond donors (Lipinski definition) is 1. The molecule has 1 aliphatic rings. The Morgan fingerprint density at radius 1 is 1.24 bits per heavy atom. The number of halogens is 3. The minimum atomic E-state index is -3.36. The topological polar surface area (TPSA) is 74.2 Å². The molecule has 0 aromatic rings. The molecule has 0 unspecified atom stereocenters. The number of guanidine groups is 1. The number of hydrogen-bond acceptors (Lipinski definition) is 4. The van der Waals surface area contributed by atoms with Crippen molar-refractivity contribution in [3.63, 3.8) is 0 Å². The Hall–Kier alpha value is -0.270. The van der Waals surface area contributed by atoms with E-state index < -0.39 is 23.0 Å². The average Bonchev–Trinajstić information content (AvgIpc) is 2.51. The van der Waals surface area contributed by atoms with Gasteiger partial charge in [0.05, 0.1) is 18.5 Å². The quantitative estimate of drug-likeness (QED) is 0.310. The zero-order chi connectivity index (χ0) is 18.2. The van der Waals surface area contributed by atoms with Crippen LogP contribution in [-0.2, 0) is 14.8 Å². The summed E-state index contributed by atoms with van der Waals surface area (Å²) in [5.41, 5.74) is 0. The molecule has 1 aliphatic heterocycles. The smallest absolute Gasteiger partial charge is 0.257 e. The molecule has 11 heteroatoms. The monoisotopic (exact) mass is 498 g/mol. The fraction of sp³-hybridized carbons (Fsp3) is 0.929. The molecule has 0 aromatic carbocycles. The zero-order valence-corrected chi connectivity index (χ0v) is 18.1. The highest BCUT2D eigenvalue weighted by Gasteiger charge is 2.28. The van der Waals surface area contributed by atoms with Gasteiger partial charge in [-0.1, -0.05) is 0 Å². The van der Waals surface area contributed by atoms with Crippen LogP contribution in [0.1, 0.15) is 20.8 Å². The third-order valence-electron chi connectivity index (χ3n) is 3.44. The van der Waals surface area contributed by atoms with Gasteiger partial charge >= 0.3 is 0 Å². The van der Waals surface area contributed by atoms with Crippen LogP contribution in [-0.4, -0.2) is 87.7 Å². The normalized spacial score (nSPS) is 17.1. The summed E-state index contributed by atoms with van der Waals surface area (Å²) in [6.07, 6.45) is -2.51. The maximum Gasteiger partial charge on any atom is 0.257 e. The predicted octanol–water partition coefficient (Wildman–Crippen LogP) is 1.21.